The second kappa shape index (κ2) is 6.23. The van der Waals surface area contributed by atoms with E-state index in [4.69, 9.17) is 9.47 Å². The van der Waals surface area contributed by atoms with Crippen LogP contribution in [0.2, 0.25) is 0 Å². The Labute approximate surface area is 113 Å². The third-order valence-electron chi connectivity index (χ3n) is 3.64. The van der Waals surface area contributed by atoms with E-state index in [0.717, 1.165) is 38.8 Å². The Bertz CT molecular complexity index is 340. The van der Waals surface area contributed by atoms with Crippen molar-refractivity contribution in [1.29, 1.82) is 0 Å². The van der Waals surface area contributed by atoms with Crippen LogP contribution in [0.15, 0.2) is 0 Å². The van der Waals surface area contributed by atoms with Crippen LogP contribution in [0.25, 0.3) is 0 Å². The van der Waals surface area contributed by atoms with Crippen LogP contribution in [0.1, 0.15) is 32.6 Å². The Hall–Kier alpha value is -1.30. The molecule has 0 bridgehead atoms. The maximum Gasteiger partial charge on any atom is 0.411 e. The number of amides is 1. The predicted octanol–water partition coefficient (Wildman–Crippen LogP) is 0.904. The molecule has 108 valence electrons. The summed E-state index contributed by atoms with van der Waals surface area (Å²) >= 11 is 0. The number of nitrogens with zero attached hydrogens (tertiary/aromatic N) is 1. The SMILES string of the molecule is CCCCOC(=O)CN1CC2(CCNCC2)OC1=O. The van der Waals surface area contributed by atoms with Gasteiger partial charge in [-0.3, -0.25) is 9.69 Å². The van der Waals surface area contributed by atoms with Gasteiger partial charge in [0.25, 0.3) is 0 Å². The minimum absolute atomic E-state index is 0.00226. The third-order valence-corrected chi connectivity index (χ3v) is 3.64. The van der Waals surface area contributed by atoms with Gasteiger partial charge in [-0.25, -0.2) is 4.79 Å². The first kappa shape index (κ1) is 14.1. The molecule has 2 rings (SSSR count). The van der Waals surface area contributed by atoms with Crippen LogP contribution < -0.4 is 5.32 Å². The first-order valence-corrected chi connectivity index (χ1v) is 6.99. The molecular formula is C13H22N2O4. The number of hydrogen-bond donors (Lipinski definition) is 1. The molecule has 0 unspecified atom stereocenters. The summed E-state index contributed by atoms with van der Waals surface area (Å²) in [4.78, 5) is 24.9. The van der Waals surface area contributed by atoms with Gasteiger partial charge >= 0.3 is 12.1 Å². The number of carbonyl (C=O) groups excluding carboxylic acids is 2. The lowest BCUT2D eigenvalue weighted by Gasteiger charge is -2.31. The average molecular weight is 270 g/mol. The van der Waals surface area contributed by atoms with Crippen molar-refractivity contribution in [2.75, 3.05) is 32.8 Å². The summed E-state index contributed by atoms with van der Waals surface area (Å²) in [6.45, 7) is 4.65. The molecule has 1 N–H and O–H groups in total. The minimum atomic E-state index is -0.397. The highest BCUT2D eigenvalue weighted by molar-refractivity contribution is 5.79. The zero-order valence-corrected chi connectivity index (χ0v) is 11.4. The van der Waals surface area contributed by atoms with Crippen LogP contribution in [-0.2, 0) is 14.3 Å². The van der Waals surface area contributed by atoms with Crippen molar-refractivity contribution in [1.82, 2.24) is 10.2 Å². The summed E-state index contributed by atoms with van der Waals surface area (Å²) in [5, 5.41) is 3.24. The van der Waals surface area contributed by atoms with E-state index < -0.39 is 11.7 Å². The maximum absolute atomic E-state index is 11.8. The molecule has 2 aliphatic rings. The Morgan fingerprint density at radius 1 is 1.47 bits per heavy atom. The average Bonchev–Trinajstić information content (AvgIpc) is 2.66. The quantitative estimate of drug-likeness (QED) is 0.594. The van der Waals surface area contributed by atoms with E-state index in [0.29, 0.717) is 13.2 Å². The molecule has 0 atom stereocenters. The molecule has 1 spiro atoms. The number of carbonyl (C=O) groups is 2. The molecule has 0 aromatic carbocycles. The van der Waals surface area contributed by atoms with Gasteiger partial charge < -0.3 is 14.8 Å². The van der Waals surface area contributed by atoms with E-state index in [9.17, 15) is 9.59 Å². The molecule has 6 heteroatoms. The van der Waals surface area contributed by atoms with Crippen LogP contribution in [0.5, 0.6) is 0 Å². The number of piperidine rings is 1. The van der Waals surface area contributed by atoms with Crippen molar-refractivity contribution >= 4 is 12.1 Å². The topological polar surface area (TPSA) is 67.9 Å². The molecule has 19 heavy (non-hydrogen) atoms. The summed E-state index contributed by atoms with van der Waals surface area (Å²) < 4.78 is 10.5. The van der Waals surface area contributed by atoms with Crippen molar-refractivity contribution in [3.8, 4) is 0 Å². The molecule has 1 amide bonds. The maximum atomic E-state index is 11.8. The van der Waals surface area contributed by atoms with Crippen LogP contribution in [0, 0.1) is 0 Å². The van der Waals surface area contributed by atoms with Gasteiger partial charge in [0.2, 0.25) is 0 Å². The van der Waals surface area contributed by atoms with Crippen molar-refractivity contribution in [2.45, 2.75) is 38.2 Å². The number of rotatable bonds is 5. The lowest BCUT2D eigenvalue weighted by Crippen LogP contribution is -2.45. The summed E-state index contributed by atoms with van der Waals surface area (Å²) in [6, 6.07) is 0. The number of esters is 1. The lowest BCUT2D eigenvalue weighted by molar-refractivity contribution is -0.144. The second-order valence-corrected chi connectivity index (χ2v) is 5.23. The molecule has 0 radical (unpaired) electrons. The number of unbranched alkanes of at least 4 members (excludes halogenated alkanes) is 1. The molecule has 2 saturated heterocycles. The smallest absolute Gasteiger partial charge is 0.411 e. The Morgan fingerprint density at radius 2 is 2.21 bits per heavy atom. The molecular weight excluding hydrogens is 248 g/mol. The molecule has 0 aromatic heterocycles. The first-order valence-electron chi connectivity index (χ1n) is 6.99. The number of nitrogens with one attached hydrogen (secondary N) is 1. The monoisotopic (exact) mass is 270 g/mol. The zero-order chi connectivity index (χ0) is 13.7. The summed E-state index contributed by atoms with van der Waals surface area (Å²) in [5.74, 6) is -0.351. The highest BCUT2D eigenvalue weighted by atomic mass is 16.6. The fourth-order valence-corrected chi connectivity index (χ4v) is 2.49. The van der Waals surface area contributed by atoms with Crippen molar-refractivity contribution in [2.24, 2.45) is 0 Å². The van der Waals surface area contributed by atoms with E-state index in [1.807, 2.05) is 6.92 Å². The largest absolute Gasteiger partial charge is 0.464 e. The van der Waals surface area contributed by atoms with Gasteiger partial charge in [0.15, 0.2) is 0 Å². The summed E-state index contributed by atoms with van der Waals surface area (Å²) in [6.07, 6.45) is 3.05. The fourth-order valence-electron chi connectivity index (χ4n) is 2.49. The molecule has 0 aromatic rings. The van der Waals surface area contributed by atoms with Crippen LogP contribution in [0.4, 0.5) is 4.79 Å². The highest BCUT2D eigenvalue weighted by Crippen LogP contribution is 2.30. The lowest BCUT2D eigenvalue weighted by atomic mass is 9.92. The molecule has 0 aliphatic carbocycles. The van der Waals surface area contributed by atoms with Crippen LogP contribution in [0.3, 0.4) is 0 Å². The van der Waals surface area contributed by atoms with E-state index >= 15 is 0 Å². The van der Waals surface area contributed by atoms with Gasteiger partial charge in [-0.1, -0.05) is 13.3 Å². The second-order valence-electron chi connectivity index (χ2n) is 5.23. The van der Waals surface area contributed by atoms with Gasteiger partial charge in [-0.05, 0) is 19.5 Å². The summed E-state index contributed by atoms with van der Waals surface area (Å²) in [5.41, 5.74) is -0.397. The van der Waals surface area contributed by atoms with E-state index in [1.54, 1.807) is 0 Å². The van der Waals surface area contributed by atoms with E-state index in [1.165, 1.54) is 4.90 Å². The van der Waals surface area contributed by atoms with Crippen molar-refractivity contribution in [3.05, 3.63) is 0 Å². The predicted molar refractivity (Wildman–Crippen MR) is 68.8 cm³/mol. The number of hydrogen-bond acceptors (Lipinski definition) is 5. The van der Waals surface area contributed by atoms with Gasteiger partial charge in [0.1, 0.15) is 12.1 Å². The van der Waals surface area contributed by atoms with Gasteiger partial charge in [-0.2, -0.15) is 0 Å². The molecule has 0 saturated carbocycles. The van der Waals surface area contributed by atoms with Gasteiger partial charge in [-0.15, -0.1) is 0 Å². The van der Waals surface area contributed by atoms with E-state index in [2.05, 4.69) is 5.32 Å². The molecule has 6 nitrogen and oxygen atoms in total. The Kier molecular flexibility index (Phi) is 4.63. The summed E-state index contributed by atoms with van der Waals surface area (Å²) in [7, 11) is 0. The molecule has 2 aliphatic heterocycles. The van der Waals surface area contributed by atoms with Crippen LogP contribution >= 0.6 is 0 Å². The van der Waals surface area contributed by atoms with Crippen LogP contribution in [-0.4, -0.2) is 55.3 Å². The highest BCUT2D eigenvalue weighted by Gasteiger charge is 2.46. The number of ether oxygens (including phenoxy) is 2. The zero-order valence-electron chi connectivity index (χ0n) is 11.4. The normalized spacial score (nSPS) is 21.5. The molecule has 2 fully saturated rings. The van der Waals surface area contributed by atoms with Gasteiger partial charge in [0, 0.05) is 12.8 Å². The van der Waals surface area contributed by atoms with Gasteiger partial charge in [0.05, 0.1) is 13.2 Å². The molecule has 2 heterocycles. The fraction of sp³-hybridized carbons (Fsp3) is 0.846. The Morgan fingerprint density at radius 3 is 2.89 bits per heavy atom. The first-order chi connectivity index (χ1) is 9.15. The van der Waals surface area contributed by atoms with Crippen molar-refractivity contribution in [3.63, 3.8) is 0 Å². The third kappa shape index (κ3) is 3.59. The Balaban J connectivity index is 1.81. The van der Waals surface area contributed by atoms with E-state index in [-0.39, 0.29) is 12.5 Å². The minimum Gasteiger partial charge on any atom is -0.464 e. The standard InChI is InChI=1S/C13H22N2O4/c1-2-3-8-18-11(16)9-15-10-13(19-12(15)17)4-6-14-7-5-13/h14H,2-10H2,1H3. The van der Waals surface area contributed by atoms with Crippen molar-refractivity contribution < 1.29 is 19.1 Å².